The van der Waals surface area contributed by atoms with Gasteiger partial charge in [0, 0.05) is 5.56 Å². The highest BCUT2D eigenvalue weighted by molar-refractivity contribution is 6.31. The van der Waals surface area contributed by atoms with E-state index in [-0.39, 0.29) is 16.3 Å². The summed E-state index contributed by atoms with van der Waals surface area (Å²) >= 11 is 5.55. The van der Waals surface area contributed by atoms with Gasteiger partial charge in [0.25, 0.3) is 5.91 Å². The van der Waals surface area contributed by atoms with Crippen LogP contribution in [0.1, 0.15) is 10.4 Å². The molecular weight excluding hydrogens is 279 g/mol. The molecule has 0 saturated carbocycles. The molecule has 0 aliphatic heterocycles. The second-order valence-corrected chi connectivity index (χ2v) is 4.09. The predicted octanol–water partition coefficient (Wildman–Crippen LogP) is 4.01. The van der Waals surface area contributed by atoms with Crippen molar-refractivity contribution < 1.29 is 18.0 Å². The van der Waals surface area contributed by atoms with E-state index in [9.17, 15) is 18.0 Å². The van der Waals surface area contributed by atoms with Crippen molar-refractivity contribution in [3.8, 4) is 0 Å². The van der Waals surface area contributed by atoms with E-state index in [2.05, 4.69) is 5.32 Å². The molecular formula is C13H7ClF3NO. The molecule has 2 aromatic rings. The Morgan fingerprint density at radius 3 is 2.47 bits per heavy atom. The molecule has 19 heavy (non-hydrogen) atoms. The van der Waals surface area contributed by atoms with Crippen molar-refractivity contribution in [3.05, 3.63) is 64.4 Å². The fourth-order valence-electron chi connectivity index (χ4n) is 1.43. The summed E-state index contributed by atoms with van der Waals surface area (Å²) in [6.07, 6.45) is 0. The predicted molar refractivity (Wildman–Crippen MR) is 65.7 cm³/mol. The third-order valence-electron chi connectivity index (χ3n) is 2.38. The smallest absolute Gasteiger partial charge is 0.255 e. The molecule has 0 aliphatic rings. The lowest BCUT2D eigenvalue weighted by Crippen LogP contribution is -2.13. The van der Waals surface area contributed by atoms with Gasteiger partial charge >= 0.3 is 0 Å². The van der Waals surface area contributed by atoms with Crippen molar-refractivity contribution in [1.29, 1.82) is 0 Å². The van der Waals surface area contributed by atoms with Crippen LogP contribution in [-0.2, 0) is 0 Å². The third kappa shape index (κ3) is 2.88. The van der Waals surface area contributed by atoms with Crippen LogP contribution in [0.15, 0.2) is 36.4 Å². The highest BCUT2D eigenvalue weighted by Gasteiger charge is 2.13. The van der Waals surface area contributed by atoms with Crippen LogP contribution in [0.3, 0.4) is 0 Å². The van der Waals surface area contributed by atoms with Gasteiger partial charge in [-0.3, -0.25) is 4.79 Å². The molecule has 98 valence electrons. The monoisotopic (exact) mass is 285 g/mol. The van der Waals surface area contributed by atoms with Gasteiger partial charge in [0.05, 0.1) is 10.7 Å². The minimum Gasteiger partial charge on any atom is -0.319 e. The Hall–Kier alpha value is -2.01. The molecule has 1 amide bonds. The number of carbonyl (C=O) groups is 1. The molecule has 0 radical (unpaired) electrons. The number of benzene rings is 2. The van der Waals surface area contributed by atoms with E-state index in [0.29, 0.717) is 0 Å². The molecule has 0 aromatic heterocycles. The molecule has 6 heteroatoms. The van der Waals surface area contributed by atoms with Crippen LogP contribution in [0.25, 0.3) is 0 Å². The van der Waals surface area contributed by atoms with E-state index in [4.69, 9.17) is 11.6 Å². The molecule has 2 aromatic carbocycles. The number of hydrogen-bond acceptors (Lipinski definition) is 1. The molecule has 0 saturated heterocycles. The summed E-state index contributed by atoms with van der Waals surface area (Å²) in [5.74, 6) is -3.77. The maximum atomic E-state index is 13.5. The molecule has 0 atom stereocenters. The number of nitrogens with one attached hydrogen (secondary N) is 1. The highest BCUT2D eigenvalue weighted by atomic mass is 35.5. The lowest BCUT2D eigenvalue weighted by molar-refractivity contribution is 0.102. The van der Waals surface area contributed by atoms with E-state index < -0.39 is 23.4 Å². The number of halogens is 4. The number of anilines is 1. The third-order valence-corrected chi connectivity index (χ3v) is 2.67. The van der Waals surface area contributed by atoms with Crippen LogP contribution in [-0.4, -0.2) is 5.91 Å². The van der Waals surface area contributed by atoms with Gasteiger partial charge in [-0.05, 0) is 30.3 Å². The summed E-state index contributed by atoms with van der Waals surface area (Å²) in [6, 6.07) is 6.72. The minimum atomic E-state index is -1.15. The van der Waals surface area contributed by atoms with Crippen molar-refractivity contribution in [3.63, 3.8) is 0 Å². The molecule has 2 nitrogen and oxygen atoms in total. The maximum Gasteiger partial charge on any atom is 0.255 e. The average molecular weight is 286 g/mol. The second kappa shape index (κ2) is 5.32. The Bertz CT molecular complexity index is 646. The average Bonchev–Trinajstić information content (AvgIpc) is 2.38. The first-order chi connectivity index (χ1) is 8.99. The zero-order valence-electron chi connectivity index (χ0n) is 9.38. The molecule has 0 unspecified atom stereocenters. The van der Waals surface area contributed by atoms with Gasteiger partial charge in [0.1, 0.15) is 0 Å². The zero-order chi connectivity index (χ0) is 14.0. The van der Waals surface area contributed by atoms with Gasteiger partial charge in [-0.2, -0.15) is 0 Å². The molecule has 0 aliphatic carbocycles. The standard InChI is InChI=1S/C13H7ClF3NO/c14-8-2-1-3-11(12(8)17)18-13(19)7-4-5-9(15)10(16)6-7/h1-6H,(H,18,19). The van der Waals surface area contributed by atoms with E-state index in [1.807, 2.05) is 0 Å². The number of hydrogen-bond donors (Lipinski definition) is 1. The summed E-state index contributed by atoms with van der Waals surface area (Å²) in [5.41, 5.74) is -0.263. The van der Waals surface area contributed by atoms with Crippen molar-refractivity contribution in [2.75, 3.05) is 5.32 Å². The van der Waals surface area contributed by atoms with E-state index in [0.717, 1.165) is 18.2 Å². The van der Waals surface area contributed by atoms with Crippen molar-refractivity contribution in [2.45, 2.75) is 0 Å². The second-order valence-electron chi connectivity index (χ2n) is 3.68. The van der Waals surface area contributed by atoms with Gasteiger partial charge in [-0.15, -0.1) is 0 Å². The van der Waals surface area contributed by atoms with Crippen LogP contribution >= 0.6 is 11.6 Å². The lowest BCUT2D eigenvalue weighted by Gasteiger charge is -2.07. The summed E-state index contributed by atoms with van der Waals surface area (Å²) < 4.78 is 39.2. The van der Waals surface area contributed by atoms with Gasteiger partial charge < -0.3 is 5.32 Å². The molecule has 0 spiro atoms. The summed E-state index contributed by atoms with van der Waals surface area (Å²) in [7, 11) is 0. The van der Waals surface area contributed by atoms with Crippen LogP contribution in [0, 0.1) is 17.5 Å². The van der Waals surface area contributed by atoms with Crippen molar-refractivity contribution in [1.82, 2.24) is 0 Å². The quantitative estimate of drug-likeness (QED) is 0.887. The SMILES string of the molecule is O=C(Nc1cccc(Cl)c1F)c1ccc(F)c(F)c1. The fourth-order valence-corrected chi connectivity index (χ4v) is 1.61. The van der Waals surface area contributed by atoms with Gasteiger partial charge in [0.15, 0.2) is 17.5 Å². The molecule has 0 fully saturated rings. The summed E-state index contributed by atoms with van der Waals surface area (Å²) in [4.78, 5) is 11.7. The number of carbonyl (C=O) groups excluding carboxylic acids is 1. The van der Waals surface area contributed by atoms with Crippen LogP contribution < -0.4 is 5.32 Å². The Balaban J connectivity index is 2.26. The number of rotatable bonds is 2. The maximum absolute atomic E-state index is 13.5. The first kappa shape index (κ1) is 13.4. The fraction of sp³-hybridized carbons (Fsp3) is 0. The molecule has 2 rings (SSSR count). The Labute approximate surface area is 111 Å². The summed E-state index contributed by atoms with van der Waals surface area (Å²) in [5, 5.41) is 2.08. The van der Waals surface area contributed by atoms with E-state index >= 15 is 0 Å². The van der Waals surface area contributed by atoms with E-state index in [1.165, 1.54) is 18.2 Å². The topological polar surface area (TPSA) is 29.1 Å². The van der Waals surface area contributed by atoms with Gasteiger partial charge in [-0.25, -0.2) is 13.2 Å². The zero-order valence-corrected chi connectivity index (χ0v) is 10.1. The largest absolute Gasteiger partial charge is 0.319 e. The van der Waals surface area contributed by atoms with Gasteiger partial charge in [-0.1, -0.05) is 17.7 Å². The Morgan fingerprint density at radius 1 is 1.05 bits per heavy atom. The van der Waals surface area contributed by atoms with Crippen molar-refractivity contribution in [2.24, 2.45) is 0 Å². The molecule has 0 heterocycles. The van der Waals surface area contributed by atoms with E-state index in [1.54, 1.807) is 0 Å². The normalized spacial score (nSPS) is 10.3. The minimum absolute atomic E-state index is 0.127. The molecule has 1 N–H and O–H groups in total. The molecule has 0 bridgehead atoms. The Kier molecular flexibility index (Phi) is 3.76. The first-order valence-corrected chi connectivity index (χ1v) is 5.57. The lowest BCUT2D eigenvalue weighted by atomic mass is 10.2. The Morgan fingerprint density at radius 2 is 1.79 bits per heavy atom. The first-order valence-electron chi connectivity index (χ1n) is 5.19. The van der Waals surface area contributed by atoms with Gasteiger partial charge in [0.2, 0.25) is 0 Å². The summed E-state index contributed by atoms with van der Waals surface area (Å²) in [6.45, 7) is 0. The number of amides is 1. The van der Waals surface area contributed by atoms with Crippen LogP contribution in [0.4, 0.5) is 18.9 Å². The van der Waals surface area contributed by atoms with Crippen LogP contribution in [0.5, 0.6) is 0 Å². The van der Waals surface area contributed by atoms with Crippen LogP contribution in [0.2, 0.25) is 5.02 Å². The highest BCUT2D eigenvalue weighted by Crippen LogP contribution is 2.22. The van der Waals surface area contributed by atoms with Crippen molar-refractivity contribution >= 4 is 23.2 Å².